The van der Waals surface area contributed by atoms with E-state index in [1.165, 1.54) is 0 Å². The molecular formula is C23H27N3O3. The van der Waals surface area contributed by atoms with Crippen LogP contribution in [-0.4, -0.2) is 45.8 Å². The predicted molar refractivity (Wildman–Crippen MR) is 113 cm³/mol. The fourth-order valence-corrected chi connectivity index (χ4v) is 3.50. The highest BCUT2D eigenvalue weighted by Crippen LogP contribution is 2.26. The summed E-state index contributed by atoms with van der Waals surface area (Å²) < 4.78 is 11.6. The zero-order valence-electron chi connectivity index (χ0n) is 17.1. The molecular weight excluding hydrogens is 366 g/mol. The van der Waals surface area contributed by atoms with Gasteiger partial charge in [-0.25, -0.2) is 9.78 Å². The van der Waals surface area contributed by atoms with E-state index in [2.05, 4.69) is 28.2 Å². The third-order valence-electron chi connectivity index (χ3n) is 4.98. The number of rotatable bonds is 3. The topological polar surface area (TPSA) is 67.4 Å². The van der Waals surface area contributed by atoms with Crippen molar-refractivity contribution in [1.82, 2.24) is 14.9 Å². The van der Waals surface area contributed by atoms with Gasteiger partial charge < -0.3 is 19.4 Å². The molecule has 0 atom stereocenters. The van der Waals surface area contributed by atoms with Crippen LogP contribution in [0.15, 0.2) is 48.8 Å². The summed E-state index contributed by atoms with van der Waals surface area (Å²) >= 11 is 0. The van der Waals surface area contributed by atoms with Crippen LogP contribution < -0.4 is 4.74 Å². The molecule has 3 aromatic rings. The van der Waals surface area contributed by atoms with Gasteiger partial charge in [0.25, 0.3) is 0 Å². The minimum Gasteiger partial charge on any atom is -0.490 e. The number of likely N-dealkylation sites (tertiary alicyclic amines) is 1. The monoisotopic (exact) mass is 393 g/mol. The van der Waals surface area contributed by atoms with Crippen molar-refractivity contribution in [2.75, 3.05) is 13.1 Å². The fourth-order valence-electron chi connectivity index (χ4n) is 3.50. The molecule has 1 N–H and O–H groups in total. The van der Waals surface area contributed by atoms with Gasteiger partial charge in [-0.2, -0.15) is 0 Å². The number of amides is 1. The van der Waals surface area contributed by atoms with Crippen LogP contribution in [0, 0.1) is 0 Å². The first-order chi connectivity index (χ1) is 13.9. The molecule has 1 aliphatic heterocycles. The standard InChI is InChI=1S/C23H27N3O3/c1-23(2,3)29-22(27)26-12-9-20(10-13-26)28-19-6-4-16(5-7-19)18-14-17-8-11-24-21(17)25-15-18/h4-8,11,14-15,20H,9-10,12-13H2,1-3H3,(H,24,25). The van der Waals surface area contributed by atoms with Crippen molar-refractivity contribution < 1.29 is 14.3 Å². The van der Waals surface area contributed by atoms with Gasteiger partial charge in [-0.1, -0.05) is 12.1 Å². The number of nitrogens with one attached hydrogen (secondary N) is 1. The molecule has 0 spiro atoms. The van der Waals surface area contributed by atoms with Crippen LogP contribution in [0.1, 0.15) is 33.6 Å². The second-order valence-electron chi connectivity index (χ2n) is 8.45. The van der Waals surface area contributed by atoms with Gasteiger partial charge in [0.05, 0.1) is 0 Å². The Balaban J connectivity index is 1.33. The van der Waals surface area contributed by atoms with E-state index in [4.69, 9.17) is 9.47 Å². The first-order valence-corrected chi connectivity index (χ1v) is 10.1. The Morgan fingerprint density at radius 1 is 1.10 bits per heavy atom. The molecule has 1 aliphatic rings. The number of pyridine rings is 1. The molecule has 1 saturated heterocycles. The third kappa shape index (κ3) is 4.70. The van der Waals surface area contributed by atoms with Gasteiger partial charge >= 0.3 is 6.09 Å². The van der Waals surface area contributed by atoms with E-state index < -0.39 is 5.60 Å². The molecule has 0 aliphatic carbocycles. The molecule has 0 bridgehead atoms. The molecule has 0 unspecified atom stereocenters. The zero-order chi connectivity index (χ0) is 20.4. The first kappa shape index (κ1) is 19.3. The van der Waals surface area contributed by atoms with Gasteiger partial charge in [-0.05, 0) is 50.6 Å². The van der Waals surface area contributed by atoms with E-state index >= 15 is 0 Å². The summed E-state index contributed by atoms with van der Waals surface area (Å²) in [6, 6.07) is 12.3. The molecule has 29 heavy (non-hydrogen) atoms. The van der Waals surface area contributed by atoms with Crippen molar-refractivity contribution in [3.8, 4) is 16.9 Å². The second-order valence-corrected chi connectivity index (χ2v) is 8.45. The Morgan fingerprint density at radius 2 is 1.83 bits per heavy atom. The molecule has 1 amide bonds. The maximum Gasteiger partial charge on any atom is 0.410 e. The number of benzene rings is 1. The summed E-state index contributed by atoms with van der Waals surface area (Å²) in [5.74, 6) is 0.847. The predicted octanol–water partition coefficient (Wildman–Crippen LogP) is 5.01. The Labute approximate surface area is 170 Å². The van der Waals surface area contributed by atoms with Crippen LogP contribution >= 0.6 is 0 Å². The van der Waals surface area contributed by atoms with Gasteiger partial charge in [0, 0.05) is 49.3 Å². The highest BCUT2D eigenvalue weighted by molar-refractivity contribution is 5.81. The lowest BCUT2D eigenvalue weighted by atomic mass is 10.1. The number of hydrogen-bond acceptors (Lipinski definition) is 4. The number of piperidine rings is 1. The highest BCUT2D eigenvalue weighted by Gasteiger charge is 2.27. The van der Waals surface area contributed by atoms with Crippen LogP contribution in [0.3, 0.4) is 0 Å². The van der Waals surface area contributed by atoms with Gasteiger partial charge in [0.1, 0.15) is 23.1 Å². The lowest BCUT2D eigenvalue weighted by Gasteiger charge is -2.33. The zero-order valence-corrected chi connectivity index (χ0v) is 17.1. The van der Waals surface area contributed by atoms with E-state index in [0.29, 0.717) is 13.1 Å². The molecule has 152 valence electrons. The van der Waals surface area contributed by atoms with Gasteiger partial charge in [-0.3, -0.25) is 0 Å². The number of hydrogen-bond donors (Lipinski definition) is 1. The summed E-state index contributed by atoms with van der Waals surface area (Å²) in [6.45, 7) is 6.96. The molecule has 1 fully saturated rings. The molecule has 4 rings (SSSR count). The van der Waals surface area contributed by atoms with Crippen molar-refractivity contribution in [2.24, 2.45) is 0 Å². The molecule has 2 aromatic heterocycles. The fraction of sp³-hybridized carbons (Fsp3) is 0.391. The van der Waals surface area contributed by atoms with Gasteiger partial charge in [0.2, 0.25) is 0 Å². The summed E-state index contributed by atoms with van der Waals surface area (Å²) in [5, 5.41) is 1.10. The quantitative estimate of drug-likeness (QED) is 0.679. The minimum absolute atomic E-state index is 0.109. The largest absolute Gasteiger partial charge is 0.490 e. The van der Waals surface area contributed by atoms with Crippen molar-refractivity contribution in [2.45, 2.75) is 45.3 Å². The van der Waals surface area contributed by atoms with E-state index in [-0.39, 0.29) is 12.2 Å². The van der Waals surface area contributed by atoms with Crippen molar-refractivity contribution >= 4 is 17.1 Å². The number of aromatic amines is 1. The number of nitrogens with zero attached hydrogens (tertiary/aromatic N) is 2. The third-order valence-corrected chi connectivity index (χ3v) is 4.98. The summed E-state index contributed by atoms with van der Waals surface area (Å²) in [6.07, 6.45) is 5.24. The Morgan fingerprint density at radius 3 is 2.52 bits per heavy atom. The molecule has 6 nitrogen and oxygen atoms in total. The number of carbonyl (C=O) groups excluding carboxylic acids is 1. The van der Waals surface area contributed by atoms with Crippen LogP contribution in [0.4, 0.5) is 4.79 Å². The highest BCUT2D eigenvalue weighted by atomic mass is 16.6. The number of carbonyl (C=O) groups is 1. The number of H-pyrrole nitrogens is 1. The molecule has 0 radical (unpaired) electrons. The van der Waals surface area contributed by atoms with E-state index in [0.717, 1.165) is 40.8 Å². The number of ether oxygens (including phenoxy) is 2. The minimum atomic E-state index is -0.465. The van der Waals surface area contributed by atoms with Crippen LogP contribution in [-0.2, 0) is 4.74 Å². The van der Waals surface area contributed by atoms with Crippen molar-refractivity contribution in [3.63, 3.8) is 0 Å². The normalized spacial score (nSPS) is 15.5. The van der Waals surface area contributed by atoms with E-state index in [9.17, 15) is 4.79 Å². The maximum atomic E-state index is 12.2. The number of fused-ring (bicyclic) bond motifs is 1. The number of aromatic nitrogens is 2. The van der Waals surface area contributed by atoms with Gasteiger partial charge in [-0.15, -0.1) is 0 Å². The molecule has 3 heterocycles. The van der Waals surface area contributed by atoms with Crippen LogP contribution in [0.2, 0.25) is 0 Å². The Bertz CT molecular complexity index is 981. The van der Waals surface area contributed by atoms with Crippen LogP contribution in [0.5, 0.6) is 5.75 Å². The van der Waals surface area contributed by atoms with Crippen molar-refractivity contribution in [1.29, 1.82) is 0 Å². The molecule has 1 aromatic carbocycles. The average molecular weight is 393 g/mol. The summed E-state index contributed by atoms with van der Waals surface area (Å²) in [5.41, 5.74) is 2.61. The summed E-state index contributed by atoms with van der Waals surface area (Å²) in [4.78, 5) is 21.5. The van der Waals surface area contributed by atoms with E-state index in [1.807, 2.05) is 51.4 Å². The average Bonchev–Trinajstić information content (AvgIpc) is 3.15. The second kappa shape index (κ2) is 7.78. The summed E-state index contributed by atoms with van der Waals surface area (Å²) in [7, 11) is 0. The first-order valence-electron chi connectivity index (χ1n) is 10.1. The SMILES string of the molecule is CC(C)(C)OC(=O)N1CCC(Oc2ccc(-c3cnc4[nH]ccc4c3)cc2)CC1. The Hall–Kier alpha value is -3.02. The Kier molecular flexibility index (Phi) is 5.18. The van der Waals surface area contributed by atoms with Crippen LogP contribution in [0.25, 0.3) is 22.2 Å². The molecule has 0 saturated carbocycles. The van der Waals surface area contributed by atoms with E-state index in [1.54, 1.807) is 4.90 Å². The smallest absolute Gasteiger partial charge is 0.410 e. The lowest BCUT2D eigenvalue weighted by molar-refractivity contribution is 0.0126. The lowest BCUT2D eigenvalue weighted by Crippen LogP contribution is -2.44. The maximum absolute atomic E-state index is 12.2. The van der Waals surface area contributed by atoms with Gasteiger partial charge in [0.15, 0.2) is 0 Å². The molecule has 6 heteroatoms. The van der Waals surface area contributed by atoms with Crippen molar-refractivity contribution in [3.05, 3.63) is 48.8 Å².